The fraction of sp³-hybridized carbons (Fsp3) is 0.750. The van der Waals surface area contributed by atoms with Crippen molar-refractivity contribution in [3.8, 4) is 0 Å². The molecule has 1 aromatic heterocycles. The normalized spacial score (nSPS) is 24.2. The summed E-state index contributed by atoms with van der Waals surface area (Å²) in [7, 11) is 0. The Morgan fingerprint density at radius 1 is 0.789 bits per heavy atom. The summed E-state index contributed by atoms with van der Waals surface area (Å²) >= 11 is 0. The van der Waals surface area contributed by atoms with Crippen LogP contribution in [0.2, 0.25) is 0 Å². The number of nitrogens with zero attached hydrogens (tertiary/aromatic N) is 2. The van der Waals surface area contributed by atoms with E-state index < -0.39 is 0 Å². The van der Waals surface area contributed by atoms with Crippen molar-refractivity contribution in [3.05, 3.63) is 22.8 Å². The van der Waals surface area contributed by atoms with E-state index in [1.165, 1.54) is 74.1 Å². The molecule has 1 N–H and O–H groups in total. The summed E-state index contributed by atoms with van der Waals surface area (Å²) in [6, 6.07) is 0. The molecule has 0 atom stereocenters. The zero-order valence-corrected chi connectivity index (χ0v) is 11.6. The molecule has 0 aromatic carbocycles. The summed E-state index contributed by atoms with van der Waals surface area (Å²) in [5, 5.41) is 3.45. The molecular formula is C16H23N3. The van der Waals surface area contributed by atoms with Gasteiger partial charge in [-0.15, -0.1) is 0 Å². The molecule has 0 radical (unpaired) electrons. The zero-order chi connectivity index (χ0) is 12.7. The van der Waals surface area contributed by atoms with Gasteiger partial charge in [0, 0.05) is 30.5 Å². The molecule has 1 aromatic rings. The summed E-state index contributed by atoms with van der Waals surface area (Å²) in [4.78, 5) is 9.94. The Hall–Kier alpha value is -0.960. The average Bonchev–Trinajstić information content (AvgIpc) is 3.21. The molecular weight excluding hydrogens is 234 g/mol. The van der Waals surface area contributed by atoms with E-state index in [4.69, 9.17) is 9.97 Å². The largest absolute Gasteiger partial charge is 0.307 e. The maximum absolute atomic E-state index is 5.02. The molecule has 4 rings (SSSR count). The Morgan fingerprint density at radius 2 is 1.58 bits per heavy atom. The van der Waals surface area contributed by atoms with Crippen molar-refractivity contribution in [2.45, 2.75) is 76.3 Å². The van der Waals surface area contributed by atoms with Crippen molar-refractivity contribution < 1.29 is 0 Å². The minimum Gasteiger partial charge on any atom is -0.307 e. The molecule has 2 heterocycles. The molecule has 3 heteroatoms. The van der Waals surface area contributed by atoms with Crippen molar-refractivity contribution >= 4 is 0 Å². The van der Waals surface area contributed by atoms with Gasteiger partial charge in [0.1, 0.15) is 5.82 Å². The summed E-state index contributed by atoms with van der Waals surface area (Å²) in [5.74, 6) is 2.55. The van der Waals surface area contributed by atoms with Crippen LogP contribution in [0.3, 0.4) is 0 Å². The molecule has 2 fully saturated rings. The second-order valence-corrected chi connectivity index (χ2v) is 6.46. The van der Waals surface area contributed by atoms with Gasteiger partial charge in [-0.1, -0.05) is 25.7 Å². The fourth-order valence-corrected chi connectivity index (χ4v) is 3.63. The van der Waals surface area contributed by atoms with E-state index in [2.05, 4.69) is 5.32 Å². The van der Waals surface area contributed by atoms with Crippen LogP contribution in [0.15, 0.2) is 0 Å². The van der Waals surface area contributed by atoms with E-state index in [0.29, 0.717) is 5.92 Å². The Labute approximate surface area is 115 Å². The Kier molecular flexibility index (Phi) is 3.03. The van der Waals surface area contributed by atoms with Crippen LogP contribution >= 0.6 is 0 Å². The van der Waals surface area contributed by atoms with Gasteiger partial charge in [0.05, 0.1) is 11.4 Å². The van der Waals surface area contributed by atoms with Gasteiger partial charge in [-0.3, -0.25) is 0 Å². The van der Waals surface area contributed by atoms with Crippen LogP contribution in [0.1, 0.15) is 86.0 Å². The van der Waals surface area contributed by atoms with Crippen LogP contribution in [0.5, 0.6) is 0 Å². The molecule has 2 aliphatic carbocycles. The Balaban J connectivity index is 1.69. The first-order chi connectivity index (χ1) is 9.42. The maximum Gasteiger partial charge on any atom is 0.132 e. The van der Waals surface area contributed by atoms with E-state index >= 15 is 0 Å². The van der Waals surface area contributed by atoms with Gasteiger partial charge in [0.2, 0.25) is 0 Å². The van der Waals surface area contributed by atoms with Gasteiger partial charge >= 0.3 is 0 Å². The van der Waals surface area contributed by atoms with Gasteiger partial charge in [0.15, 0.2) is 0 Å². The highest BCUT2D eigenvalue weighted by atomic mass is 15.0. The summed E-state index contributed by atoms with van der Waals surface area (Å²) in [6.45, 7) is 1.95. The average molecular weight is 257 g/mol. The predicted octanol–water partition coefficient (Wildman–Crippen LogP) is 3.40. The molecule has 0 unspecified atom stereocenters. The van der Waals surface area contributed by atoms with Gasteiger partial charge < -0.3 is 5.32 Å². The first-order valence-electron chi connectivity index (χ1n) is 8.02. The molecule has 0 amide bonds. The first-order valence-corrected chi connectivity index (χ1v) is 8.02. The highest BCUT2D eigenvalue weighted by molar-refractivity contribution is 5.34. The molecule has 19 heavy (non-hydrogen) atoms. The monoisotopic (exact) mass is 257 g/mol. The smallest absolute Gasteiger partial charge is 0.132 e. The van der Waals surface area contributed by atoms with Gasteiger partial charge in [-0.2, -0.15) is 0 Å². The van der Waals surface area contributed by atoms with Crippen LogP contribution in [0.4, 0.5) is 0 Å². The van der Waals surface area contributed by atoms with Crippen LogP contribution < -0.4 is 5.32 Å². The predicted molar refractivity (Wildman–Crippen MR) is 75.0 cm³/mol. The minimum atomic E-state index is 0.630. The topological polar surface area (TPSA) is 37.8 Å². The standard InChI is InChI=1S/C16H23N3/c1-2-4-6-12(5-3-1)16-18-14-10-17-9-13(14)15(19-16)11-7-8-11/h11-12,17H,1-10H2. The van der Waals surface area contributed by atoms with Crippen LogP contribution in [-0.4, -0.2) is 9.97 Å². The van der Waals surface area contributed by atoms with Gasteiger partial charge in [0.25, 0.3) is 0 Å². The zero-order valence-electron chi connectivity index (χ0n) is 11.6. The number of fused-ring (bicyclic) bond motifs is 1. The highest BCUT2D eigenvalue weighted by Gasteiger charge is 2.32. The van der Waals surface area contributed by atoms with E-state index in [1.807, 2.05) is 0 Å². The molecule has 0 bridgehead atoms. The van der Waals surface area contributed by atoms with Crippen molar-refractivity contribution in [1.82, 2.24) is 15.3 Å². The lowest BCUT2D eigenvalue weighted by Gasteiger charge is -2.15. The third-order valence-corrected chi connectivity index (χ3v) is 4.92. The third kappa shape index (κ3) is 2.29. The SMILES string of the molecule is C1CCCC(c2nc3c(c(C4CC4)n2)CNC3)CC1. The molecule has 1 aliphatic heterocycles. The fourth-order valence-electron chi connectivity index (χ4n) is 3.63. The Morgan fingerprint density at radius 3 is 2.32 bits per heavy atom. The maximum atomic E-state index is 5.02. The quantitative estimate of drug-likeness (QED) is 0.825. The van der Waals surface area contributed by atoms with E-state index in [9.17, 15) is 0 Å². The third-order valence-electron chi connectivity index (χ3n) is 4.92. The summed E-state index contributed by atoms with van der Waals surface area (Å²) < 4.78 is 0. The van der Waals surface area contributed by atoms with Crippen molar-refractivity contribution in [3.63, 3.8) is 0 Å². The number of hydrogen-bond acceptors (Lipinski definition) is 3. The highest BCUT2D eigenvalue weighted by Crippen LogP contribution is 2.42. The Bertz CT molecular complexity index is 471. The molecule has 3 nitrogen and oxygen atoms in total. The van der Waals surface area contributed by atoms with Gasteiger partial charge in [-0.05, 0) is 25.7 Å². The van der Waals surface area contributed by atoms with E-state index in [-0.39, 0.29) is 0 Å². The number of nitrogens with one attached hydrogen (secondary N) is 1. The lowest BCUT2D eigenvalue weighted by Crippen LogP contribution is -2.10. The molecule has 0 saturated heterocycles. The number of hydrogen-bond donors (Lipinski definition) is 1. The number of aromatic nitrogens is 2. The van der Waals surface area contributed by atoms with E-state index in [1.54, 1.807) is 0 Å². The minimum absolute atomic E-state index is 0.630. The molecule has 102 valence electrons. The second-order valence-electron chi connectivity index (χ2n) is 6.46. The molecule has 2 saturated carbocycles. The van der Waals surface area contributed by atoms with Crippen molar-refractivity contribution in [2.24, 2.45) is 0 Å². The van der Waals surface area contributed by atoms with E-state index in [0.717, 1.165) is 19.0 Å². The first kappa shape index (κ1) is 11.8. The van der Waals surface area contributed by atoms with Crippen molar-refractivity contribution in [2.75, 3.05) is 0 Å². The van der Waals surface area contributed by atoms with Crippen molar-refractivity contribution in [1.29, 1.82) is 0 Å². The van der Waals surface area contributed by atoms with Crippen LogP contribution in [0.25, 0.3) is 0 Å². The molecule has 0 spiro atoms. The lowest BCUT2D eigenvalue weighted by molar-refractivity contribution is 0.554. The summed E-state index contributed by atoms with van der Waals surface area (Å²) in [5.41, 5.74) is 4.13. The summed E-state index contributed by atoms with van der Waals surface area (Å²) in [6.07, 6.45) is 10.8. The second kappa shape index (κ2) is 4.86. The van der Waals surface area contributed by atoms with Crippen LogP contribution in [-0.2, 0) is 13.1 Å². The molecule has 3 aliphatic rings. The number of rotatable bonds is 2. The lowest BCUT2D eigenvalue weighted by atomic mass is 9.98. The van der Waals surface area contributed by atoms with Gasteiger partial charge in [-0.25, -0.2) is 9.97 Å². The van der Waals surface area contributed by atoms with Crippen LogP contribution in [0, 0.1) is 0 Å².